The van der Waals surface area contributed by atoms with E-state index in [0.717, 1.165) is 22.6 Å². The quantitative estimate of drug-likeness (QED) is 0.726. The maximum Gasteiger partial charge on any atom is 0.322 e. The van der Waals surface area contributed by atoms with Gasteiger partial charge in [-0.3, -0.25) is 14.9 Å². The molecule has 1 unspecified atom stereocenters. The van der Waals surface area contributed by atoms with Crippen LogP contribution in [0.1, 0.15) is 29.1 Å². The smallest absolute Gasteiger partial charge is 0.322 e. The van der Waals surface area contributed by atoms with Gasteiger partial charge in [0.2, 0.25) is 11.8 Å². The molecule has 1 aliphatic rings. The second-order valence-electron chi connectivity index (χ2n) is 7.40. The average Bonchev–Trinajstić information content (AvgIpc) is 3.36. The molecule has 150 valence electrons. The molecule has 0 spiro atoms. The van der Waals surface area contributed by atoms with E-state index in [-0.39, 0.29) is 30.1 Å². The number of carbonyl (C=O) groups excluding carboxylic acids is 2. The Labute approximate surface area is 167 Å². The zero-order valence-electron chi connectivity index (χ0n) is 16.8. The Kier molecular flexibility index (Phi) is 4.70. The van der Waals surface area contributed by atoms with Gasteiger partial charge in [0.05, 0.1) is 11.5 Å². The molecule has 2 amide bonds. The Morgan fingerprint density at radius 1 is 1.10 bits per heavy atom. The van der Waals surface area contributed by atoms with Crippen molar-refractivity contribution in [3.63, 3.8) is 0 Å². The summed E-state index contributed by atoms with van der Waals surface area (Å²) in [6.07, 6.45) is 0.139. The molecule has 1 aromatic carbocycles. The summed E-state index contributed by atoms with van der Waals surface area (Å²) in [6, 6.07) is 7.64. The minimum absolute atomic E-state index is 0.000308. The van der Waals surface area contributed by atoms with Crippen LogP contribution in [-0.4, -0.2) is 28.6 Å². The third-order valence-electron chi connectivity index (χ3n) is 5.22. The Morgan fingerprint density at radius 2 is 1.90 bits per heavy atom. The van der Waals surface area contributed by atoms with Crippen LogP contribution in [0.25, 0.3) is 11.5 Å². The molecule has 3 heterocycles. The normalized spacial score (nSPS) is 16.5. The van der Waals surface area contributed by atoms with Crippen LogP contribution >= 0.6 is 0 Å². The molecule has 29 heavy (non-hydrogen) atoms. The van der Waals surface area contributed by atoms with Crippen molar-refractivity contribution in [2.75, 3.05) is 16.8 Å². The second-order valence-corrected chi connectivity index (χ2v) is 7.40. The zero-order valence-corrected chi connectivity index (χ0v) is 16.8. The number of furan rings is 1. The summed E-state index contributed by atoms with van der Waals surface area (Å²) in [4.78, 5) is 26.7. The fraction of sp³-hybridized carbons (Fsp3) is 0.333. The standard InChI is InChI=1S/C21H22N4O4/c1-11-5-6-16(7-12(11)2)25-10-15(9-18(25)26)19(27)22-21-24-23-20(29-21)17-8-13(3)28-14(17)4/h5-8,15H,9-10H2,1-4H3,(H,22,24,27). The molecule has 8 nitrogen and oxygen atoms in total. The van der Waals surface area contributed by atoms with Gasteiger partial charge in [-0.15, -0.1) is 5.10 Å². The lowest BCUT2D eigenvalue weighted by Gasteiger charge is -2.17. The van der Waals surface area contributed by atoms with Gasteiger partial charge in [-0.1, -0.05) is 11.2 Å². The number of carbonyl (C=O) groups is 2. The molecule has 1 fully saturated rings. The number of hydrogen-bond donors (Lipinski definition) is 1. The first kappa shape index (κ1) is 18.9. The molecular weight excluding hydrogens is 372 g/mol. The summed E-state index contributed by atoms with van der Waals surface area (Å²) < 4.78 is 11.0. The number of benzene rings is 1. The number of rotatable bonds is 4. The van der Waals surface area contributed by atoms with Crippen LogP contribution in [0.2, 0.25) is 0 Å². The highest BCUT2D eigenvalue weighted by molar-refractivity contribution is 6.03. The number of nitrogens with zero attached hydrogens (tertiary/aromatic N) is 3. The van der Waals surface area contributed by atoms with Gasteiger partial charge in [0.25, 0.3) is 5.89 Å². The maximum absolute atomic E-state index is 12.6. The highest BCUT2D eigenvalue weighted by Gasteiger charge is 2.35. The van der Waals surface area contributed by atoms with Crippen molar-refractivity contribution < 1.29 is 18.4 Å². The van der Waals surface area contributed by atoms with Crippen molar-refractivity contribution in [1.29, 1.82) is 0 Å². The number of nitrogens with one attached hydrogen (secondary N) is 1. The summed E-state index contributed by atoms with van der Waals surface area (Å²) in [6.45, 7) is 7.96. The fourth-order valence-electron chi connectivity index (χ4n) is 3.46. The Morgan fingerprint density at radius 3 is 2.59 bits per heavy atom. The van der Waals surface area contributed by atoms with E-state index in [9.17, 15) is 9.59 Å². The lowest BCUT2D eigenvalue weighted by Crippen LogP contribution is -2.28. The van der Waals surface area contributed by atoms with Crippen LogP contribution in [0.3, 0.4) is 0 Å². The first-order chi connectivity index (χ1) is 13.8. The van der Waals surface area contributed by atoms with E-state index in [2.05, 4.69) is 15.5 Å². The van der Waals surface area contributed by atoms with E-state index in [0.29, 0.717) is 17.9 Å². The molecule has 3 aromatic rings. The predicted octanol–water partition coefficient (Wildman–Crippen LogP) is 3.55. The molecule has 1 N–H and O–H groups in total. The molecular formula is C21H22N4O4. The lowest BCUT2D eigenvalue weighted by molar-refractivity contribution is -0.122. The fourth-order valence-corrected chi connectivity index (χ4v) is 3.46. The third-order valence-corrected chi connectivity index (χ3v) is 5.22. The Bertz CT molecular complexity index is 1100. The first-order valence-electron chi connectivity index (χ1n) is 9.41. The molecule has 0 aliphatic carbocycles. The van der Waals surface area contributed by atoms with Crippen molar-refractivity contribution >= 4 is 23.5 Å². The topological polar surface area (TPSA) is 101 Å². The van der Waals surface area contributed by atoms with Gasteiger partial charge in [0.15, 0.2) is 0 Å². The molecule has 0 radical (unpaired) electrons. The third kappa shape index (κ3) is 3.65. The number of anilines is 2. The predicted molar refractivity (Wildman–Crippen MR) is 106 cm³/mol. The van der Waals surface area contributed by atoms with E-state index in [1.165, 1.54) is 0 Å². The largest absolute Gasteiger partial charge is 0.466 e. The van der Waals surface area contributed by atoms with E-state index >= 15 is 0 Å². The molecule has 4 rings (SSSR count). The van der Waals surface area contributed by atoms with Gasteiger partial charge in [-0.2, -0.15) is 0 Å². The van der Waals surface area contributed by atoms with Gasteiger partial charge < -0.3 is 13.7 Å². The molecule has 1 atom stereocenters. The van der Waals surface area contributed by atoms with Crippen LogP contribution in [0, 0.1) is 33.6 Å². The monoisotopic (exact) mass is 394 g/mol. The van der Waals surface area contributed by atoms with Crippen LogP contribution in [-0.2, 0) is 9.59 Å². The Balaban J connectivity index is 1.45. The summed E-state index contributed by atoms with van der Waals surface area (Å²) >= 11 is 0. The van der Waals surface area contributed by atoms with Crippen molar-refractivity contribution in [2.45, 2.75) is 34.1 Å². The summed E-state index contributed by atoms with van der Waals surface area (Å²) in [7, 11) is 0. The van der Waals surface area contributed by atoms with Gasteiger partial charge in [-0.25, -0.2) is 0 Å². The van der Waals surface area contributed by atoms with E-state index in [4.69, 9.17) is 8.83 Å². The molecule has 1 aliphatic heterocycles. The van der Waals surface area contributed by atoms with E-state index in [1.54, 1.807) is 17.9 Å². The molecule has 0 saturated carbocycles. The number of hydrogen-bond acceptors (Lipinski definition) is 6. The highest BCUT2D eigenvalue weighted by Crippen LogP contribution is 2.29. The summed E-state index contributed by atoms with van der Waals surface area (Å²) in [5.41, 5.74) is 3.75. The van der Waals surface area contributed by atoms with Crippen LogP contribution in [0.15, 0.2) is 33.1 Å². The maximum atomic E-state index is 12.6. The highest BCUT2D eigenvalue weighted by atomic mass is 16.4. The van der Waals surface area contributed by atoms with E-state index < -0.39 is 5.92 Å². The Hall–Kier alpha value is -3.42. The van der Waals surface area contributed by atoms with Gasteiger partial charge in [0, 0.05) is 18.7 Å². The molecule has 2 aromatic heterocycles. The van der Waals surface area contributed by atoms with Gasteiger partial charge >= 0.3 is 6.01 Å². The minimum atomic E-state index is -0.489. The van der Waals surface area contributed by atoms with Gasteiger partial charge in [-0.05, 0) is 57.0 Å². The molecule has 0 bridgehead atoms. The van der Waals surface area contributed by atoms with Gasteiger partial charge in [0.1, 0.15) is 11.5 Å². The van der Waals surface area contributed by atoms with Crippen LogP contribution in [0.5, 0.6) is 0 Å². The van der Waals surface area contributed by atoms with Crippen molar-refractivity contribution in [3.05, 3.63) is 46.9 Å². The van der Waals surface area contributed by atoms with Crippen LogP contribution < -0.4 is 10.2 Å². The molecule has 8 heteroatoms. The summed E-state index contributed by atoms with van der Waals surface area (Å²) in [5.74, 6) is 0.780. The summed E-state index contributed by atoms with van der Waals surface area (Å²) in [5, 5.41) is 10.5. The van der Waals surface area contributed by atoms with Crippen molar-refractivity contribution in [1.82, 2.24) is 10.2 Å². The molecule has 1 saturated heterocycles. The SMILES string of the molecule is Cc1cc(-c2nnc(NC(=O)C3CC(=O)N(c4ccc(C)c(C)c4)C3)o2)c(C)o1. The van der Waals surface area contributed by atoms with E-state index in [1.807, 2.05) is 39.0 Å². The lowest BCUT2D eigenvalue weighted by atomic mass is 10.1. The van der Waals surface area contributed by atoms with Crippen molar-refractivity contribution in [2.24, 2.45) is 5.92 Å². The number of aromatic nitrogens is 2. The van der Waals surface area contributed by atoms with Crippen LogP contribution in [0.4, 0.5) is 11.7 Å². The average molecular weight is 394 g/mol. The number of amides is 2. The van der Waals surface area contributed by atoms with Crippen molar-refractivity contribution in [3.8, 4) is 11.5 Å². The minimum Gasteiger partial charge on any atom is -0.466 e. The number of aryl methyl sites for hydroxylation is 4. The zero-order chi connectivity index (χ0) is 20.7. The second kappa shape index (κ2) is 7.20. The first-order valence-corrected chi connectivity index (χ1v) is 9.41.